The molecular weight excluding hydrogens is 303 g/mol. The van der Waals surface area contributed by atoms with Gasteiger partial charge in [0.1, 0.15) is 0 Å². The minimum Gasteiger partial charge on any atom is -0.399 e. The highest BCUT2D eigenvalue weighted by molar-refractivity contribution is 7.20. The molecule has 2 N–H and O–H groups in total. The molecule has 0 spiro atoms. The number of rotatable bonds is 2. The number of amides is 1. The summed E-state index contributed by atoms with van der Waals surface area (Å²) in [5.74, 6) is 0. The van der Waals surface area contributed by atoms with E-state index >= 15 is 0 Å². The molecule has 3 rings (SSSR count). The monoisotopic (exact) mass is 320 g/mol. The van der Waals surface area contributed by atoms with E-state index in [-0.39, 0.29) is 5.19 Å². The van der Waals surface area contributed by atoms with Gasteiger partial charge in [0.25, 0.3) is 5.19 Å². The molecule has 116 valence electrons. The summed E-state index contributed by atoms with van der Waals surface area (Å²) in [5.41, 5.74) is 5.81. The molecule has 0 unspecified atom stereocenters. The molecule has 1 amide bonds. The van der Waals surface area contributed by atoms with Crippen LogP contribution in [0.5, 0.6) is 5.19 Å². The standard InChI is InChI=1S/C14H17BN2O4S/c1-13(2)14(3,4)21-15(20-13)8-5-6-10-9(7-8)17-12(22-10)19-11(16)18/h5-7H,1-4H3,(H2,16,18). The molecule has 8 heteroatoms. The van der Waals surface area contributed by atoms with Gasteiger partial charge in [-0.3, -0.25) is 0 Å². The van der Waals surface area contributed by atoms with E-state index in [9.17, 15) is 4.79 Å². The molecule has 1 aromatic heterocycles. The van der Waals surface area contributed by atoms with Crippen LogP contribution >= 0.6 is 11.3 Å². The zero-order valence-electron chi connectivity index (χ0n) is 12.9. The van der Waals surface area contributed by atoms with Gasteiger partial charge in [-0.1, -0.05) is 17.4 Å². The summed E-state index contributed by atoms with van der Waals surface area (Å²) in [5, 5.41) is 0.230. The Hall–Kier alpha value is -1.64. The van der Waals surface area contributed by atoms with Gasteiger partial charge >= 0.3 is 13.2 Å². The molecule has 0 bridgehead atoms. The maximum absolute atomic E-state index is 10.8. The van der Waals surface area contributed by atoms with Crippen molar-refractivity contribution in [3.8, 4) is 5.19 Å². The van der Waals surface area contributed by atoms with Crippen LogP contribution in [0.1, 0.15) is 27.7 Å². The Labute approximate surface area is 132 Å². The minimum absolute atomic E-state index is 0.230. The van der Waals surface area contributed by atoms with Crippen molar-refractivity contribution in [2.75, 3.05) is 0 Å². The number of carbonyl (C=O) groups excluding carboxylic acids is 1. The molecule has 2 heterocycles. The highest BCUT2D eigenvalue weighted by atomic mass is 32.1. The lowest BCUT2D eigenvalue weighted by Crippen LogP contribution is -2.41. The Morgan fingerprint density at radius 1 is 1.27 bits per heavy atom. The fourth-order valence-corrected chi connectivity index (χ4v) is 2.98. The molecule has 22 heavy (non-hydrogen) atoms. The van der Waals surface area contributed by atoms with E-state index in [1.54, 1.807) is 0 Å². The van der Waals surface area contributed by atoms with Gasteiger partial charge in [0.05, 0.1) is 21.4 Å². The topological polar surface area (TPSA) is 83.7 Å². The van der Waals surface area contributed by atoms with E-state index in [2.05, 4.69) is 4.98 Å². The number of nitrogens with zero attached hydrogens (tertiary/aromatic N) is 1. The van der Waals surface area contributed by atoms with E-state index in [1.807, 2.05) is 45.9 Å². The number of carbonyl (C=O) groups is 1. The van der Waals surface area contributed by atoms with Crippen molar-refractivity contribution in [1.82, 2.24) is 4.98 Å². The lowest BCUT2D eigenvalue weighted by Gasteiger charge is -2.32. The number of aromatic nitrogens is 1. The van der Waals surface area contributed by atoms with Crippen molar-refractivity contribution in [1.29, 1.82) is 0 Å². The Bertz CT molecular complexity index is 728. The fraction of sp³-hybridized carbons (Fsp3) is 0.429. The summed E-state index contributed by atoms with van der Waals surface area (Å²) in [6.45, 7) is 8.03. The molecule has 2 aromatic rings. The van der Waals surface area contributed by atoms with Gasteiger partial charge in [-0.2, -0.15) is 0 Å². The van der Waals surface area contributed by atoms with Gasteiger partial charge in [0, 0.05) is 0 Å². The van der Waals surface area contributed by atoms with Gasteiger partial charge in [-0.05, 0) is 45.3 Å². The Balaban J connectivity index is 1.91. The molecule has 1 aromatic carbocycles. The molecule has 6 nitrogen and oxygen atoms in total. The van der Waals surface area contributed by atoms with E-state index in [1.165, 1.54) is 11.3 Å². The van der Waals surface area contributed by atoms with Crippen molar-refractivity contribution < 1.29 is 18.8 Å². The molecular formula is C14H17BN2O4S. The number of fused-ring (bicyclic) bond motifs is 1. The number of benzene rings is 1. The third-order valence-corrected chi connectivity index (χ3v) is 5.02. The first kappa shape index (κ1) is 15.3. The van der Waals surface area contributed by atoms with Crippen LogP contribution < -0.4 is 15.9 Å². The van der Waals surface area contributed by atoms with Gasteiger partial charge in [0.2, 0.25) is 0 Å². The summed E-state index contributed by atoms with van der Waals surface area (Å²) < 4.78 is 17.8. The first-order valence-corrected chi connectivity index (χ1v) is 7.73. The number of thiazole rings is 1. The molecule has 1 saturated heterocycles. The van der Waals surface area contributed by atoms with E-state index < -0.39 is 24.4 Å². The second-order valence-corrected chi connectivity index (χ2v) is 7.21. The summed E-state index contributed by atoms with van der Waals surface area (Å²) in [6.07, 6.45) is -0.870. The largest absolute Gasteiger partial charge is 0.494 e. The summed E-state index contributed by atoms with van der Waals surface area (Å²) in [4.78, 5) is 15.0. The number of hydrogen-bond donors (Lipinski definition) is 1. The third-order valence-electron chi connectivity index (χ3n) is 4.11. The average molecular weight is 320 g/mol. The van der Waals surface area contributed by atoms with Gasteiger partial charge in [0.15, 0.2) is 0 Å². The molecule has 0 atom stereocenters. The predicted octanol–water partition coefficient (Wildman–Crippen LogP) is 2.05. The SMILES string of the molecule is CC1(C)OB(c2ccc3sc(OC(N)=O)nc3c2)OC1(C)C. The van der Waals surface area contributed by atoms with Crippen LogP contribution in [0.2, 0.25) is 0 Å². The number of nitrogens with two attached hydrogens (primary N) is 1. The van der Waals surface area contributed by atoms with E-state index in [4.69, 9.17) is 19.8 Å². The van der Waals surface area contributed by atoms with E-state index in [0.717, 1.165) is 10.2 Å². The Morgan fingerprint density at radius 2 is 1.91 bits per heavy atom. The van der Waals surface area contributed by atoms with Crippen LogP contribution in [0.3, 0.4) is 0 Å². The van der Waals surface area contributed by atoms with Crippen LogP contribution in [0.15, 0.2) is 18.2 Å². The minimum atomic E-state index is -0.870. The lowest BCUT2D eigenvalue weighted by atomic mass is 9.79. The van der Waals surface area contributed by atoms with Crippen molar-refractivity contribution in [2.24, 2.45) is 5.73 Å². The summed E-state index contributed by atoms with van der Waals surface area (Å²) >= 11 is 1.26. The van der Waals surface area contributed by atoms with Crippen molar-refractivity contribution in [3.05, 3.63) is 18.2 Å². The fourth-order valence-electron chi connectivity index (χ4n) is 2.18. The summed E-state index contributed by atoms with van der Waals surface area (Å²) in [7, 11) is -0.448. The number of primary amides is 1. The maximum Gasteiger partial charge on any atom is 0.494 e. The molecule has 0 radical (unpaired) electrons. The quantitative estimate of drug-likeness (QED) is 0.856. The lowest BCUT2D eigenvalue weighted by molar-refractivity contribution is 0.00578. The zero-order chi connectivity index (χ0) is 16.1. The maximum atomic E-state index is 10.8. The predicted molar refractivity (Wildman–Crippen MR) is 85.5 cm³/mol. The van der Waals surface area contributed by atoms with Crippen LogP contribution in [0, 0.1) is 0 Å². The van der Waals surface area contributed by atoms with Crippen molar-refractivity contribution in [3.63, 3.8) is 0 Å². The molecule has 1 fully saturated rings. The number of hydrogen-bond acceptors (Lipinski definition) is 6. The normalized spacial score (nSPS) is 19.5. The third kappa shape index (κ3) is 2.58. The first-order chi connectivity index (χ1) is 10.2. The van der Waals surface area contributed by atoms with Gasteiger partial charge in [-0.15, -0.1) is 0 Å². The Kier molecular flexibility index (Phi) is 3.43. The highest BCUT2D eigenvalue weighted by Crippen LogP contribution is 2.37. The van der Waals surface area contributed by atoms with Crippen molar-refractivity contribution >= 4 is 40.2 Å². The van der Waals surface area contributed by atoms with E-state index in [0.29, 0.717) is 5.52 Å². The zero-order valence-corrected chi connectivity index (χ0v) is 13.7. The molecule has 0 saturated carbocycles. The second-order valence-electron chi connectivity index (χ2n) is 6.22. The first-order valence-electron chi connectivity index (χ1n) is 6.91. The Morgan fingerprint density at radius 3 is 2.50 bits per heavy atom. The van der Waals surface area contributed by atoms with Crippen LogP contribution in [0.4, 0.5) is 4.79 Å². The summed E-state index contributed by atoms with van der Waals surface area (Å²) in [6, 6.07) is 5.71. The van der Waals surface area contributed by atoms with Crippen LogP contribution in [-0.2, 0) is 9.31 Å². The van der Waals surface area contributed by atoms with Gasteiger partial charge < -0.3 is 19.8 Å². The number of ether oxygens (including phenoxy) is 1. The second kappa shape index (κ2) is 4.94. The van der Waals surface area contributed by atoms with Crippen LogP contribution in [-0.4, -0.2) is 29.4 Å². The van der Waals surface area contributed by atoms with Crippen LogP contribution in [0.25, 0.3) is 10.2 Å². The smallest absolute Gasteiger partial charge is 0.399 e. The molecule has 1 aliphatic rings. The molecule has 0 aliphatic carbocycles. The highest BCUT2D eigenvalue weighted by Gasteiger charge is 2.51. The van der Waals surface area contributed by atoms with Crippen molar-refractivity contribution in [2.45, 2.75) is 38.9 Å². The average Bonchev–Trinajstić information content (AvgIpc) is 2.85. The molecule has 1 aliphatic heterocycles. The van der Waals surface area contributed by atoms with Gasteiger partial charge in [-0.25, -0.2) is 9.78 Å².